The van der Waals surface area contributed by atoms with Crippen LogP contribution < -0.4 is 5.56 Å². The molecule has 9 heteroatoms. The van der Waals surface area contributed by atoms with Gasteiger partial charge in [0.2, 0.25) is 0 Å². The fourth-order valence-electron chi connectivity index (χ4n) is 2.57. The second-order valence-electron chi connectivity index (χ2n) is 5.65. The minimum Gasteiger partial charge on any atom is -0.462 e. The number of aromatic amines is 1. The molecule has 8 nitrogen and oxygen atoms in total. The molecule has 0 saturated carbocycles. The van der Waals surface area contributed by atoms with E-state index in [2.05, 4.69) is 10.2 Å². The predicted molar refractivity (Wildman–Crippen MR) is 93.2 cm³/mol. The molecule has 0 bridgehead atoms. The molecule has 0 amide bonds. The zero-order valence-electron chi connectivity index (χ0n) is 14.8. The highest BCUT2D eigenvalue weighted by atomic mass is 32.2. The Bertz CT molecular complexity index is 869. The third-order valence-corrected chi connectivity index (χ3v) is 4.39. The van der Waals surface area contributed by atoms with Crippen molar-refractivity contribution < 1.29 is 19.1 Å². The lowest BCUT2D eigenvalue weighted by Gasteiger charge is -2.08. The van der Waals surface area contributed by atoms with Crippen LogP contribution in [0, 0.1) is 13.8 Å². The molecule has 0 spiro atoms. The van der Waals surface area contributed by atoms with Crippen molar-refractivity contribution >= 4 is 29.2 Å². The van der Waals surface area contributed by atoms with Crippen LogP contribution in [0.1, 0.15) is 42.4 Å². The number of ether oxygens (including phenoxy) is 2. The first-order chi connectivity index (χ1) is 11.8. The van der Waals surface area contributed by atoms with Gasteiger partial charge in [0.25, 0.3) is 5.56 Å². The van der Waals surface area contributed by atoms with E-state index in [0.29, 0.717) is 27.5 Å². The number of nitrogens with zero attached hydrogens (tertiary/aromatic N) is 2. The Morgan fingerprint density at radius 1 is 1.32 bits per heavy atom. The molecule has 0 aliphatic carbocycles. The Kier molecular flexibility index (Phi) is 5.89. The Balaban J connectivity index is 2.48. The molecule has 2 heterocycles. The maximum atomic E-state index is 12.2. The van der Waals surface area contributed by atoms with Crippen LogP contribution in [0.5, 0.6) is 0 Å². The quantitative estimate of drug-likeness (QED) is 0.614. The molecule has 2 aromatic rings. The highest BCUT2D eigenvalue weighted by Gasteiger charge is 2.24. The highest BCUT2D eigenvalue weighted by Crippen LogP contribution is 2.25. The monoisotopic (exact) mass is 367 g/mol. The van der Waals surface area contributed by atoms with E-state index >= 15 is 0 Å². The van der Waals surface area contributed by atoms with Crippen molar-refractivity contribution in [1.29, 1.82) is 0 Å². The van der Waals surface area contributed by atoms with E-state index in [1.807, 2.05) is 0 Å². The van der Waals surface area contributed by atoms with E-state index in [1.165, 1.54) is 0 Å². The molecule has 0 atom stereocenters. The van der Waals surface area contributed by atoms with Gasteiger partial charge in [0, 0.05) is 5.69 Å². The van der Waals surface area contributed by atoms with Gasteiger partial charge in [-0.1, -0.05) is 11.8 Å². The van der Waals surface area contributed by atoms with Gasteiger partial charge in [0.05, 0.1) is 24.0 Å². The molecule has 0 radical (unpaired) electrons. The molecule has 0 fully saturated rings. The van der Waals surface area contributed by atoms with Crippen LogP contribution in [0.15, 0.2) is 9.95 Å². The van der Waals surface area contributed by atoms with E-state index in [-0.39, 0.29) is 24.4 Å². The summed E-state index contributed by atoms with van der Waals surface area (Å²) >= 11 is 1.13. The number of aromatic nitrogens is 3. The number of esters is 2. The summed E-state index contributed by atoms with van der Waals surface area (Å²) in [7, 11) is 0. The summed E-state index contributed by atoms with van der Waals surface area (Å²) in [5.41, 5.74) is 1.31. The summed E-state index contributed by atoms with van der Waals surface area (Å²) in [6.45, 7) is 8.89. The van der Waals surface area contributed by atoms with E-state index in [9.17, 15) is 14.4 Å². The van der Waals surface area contributed by atoms with E-state index in [1.54, 1.807) is 39.0 Å². The Morgan fingerprint density at radius 3 is 2.60 bits per heavy atom. The van der Waals surface area contributed by atoms with Crippen molar-refractivity contribution in [3.05, 3.63) is 27.2 Å². The fourth-order valence-corrected chi connectivity index (χ4v) is 3.35. The lowest BCUT2D eigenvalue weighted by Crippen LogP contribution is -2.17. The minimum absolute atomic E-state index is 0.0394. The summed E-state index contributed by atoms with van der Waals surface area (Å²) in [5, 5.41) is 6.81. The summed E-state index contributed by atoms with van der Waals surface area (Å²) in [5.74, 6) is -0.832. The second kappa shape index (κ2) is 7.73. The number of H-pyrrole nitrogens is 1. The van der Waals surface area contributed by atoms with Crippen LogP contribution in [0.3, 0.4) is 0 Å². The minimum atomic E-state index is -0.490. The average molecular weight is 367 g/mol. The van der Waals surface area contributed by atoms with Gasteiger partial charge in [-0.15, -0.1) is 5.10 Å². The summed E-state index contributed by atoms with van der Waals surface area (Å²) < 4.78 is 11.7. The number of thioether (sulfide) groups is 1. The maximum Gasteiger partial charge on any atom is 0.340 e. The van der Waals surface area contributed by atoms with Gasteiger partial charge in [0.15, 0.2) is 5.16 Å². The molecule has 25 heavy (non-hydrogen) atoms. The van der Waals surface area contributed by atoms with Crippen molar-refractivity contribution in [1.82, 2.24) is 14.6 Å². The zero-order chi connectivity index (χ0) is 18.7. The van der Waals surface area contributed by atoms with Crippen LogP contribution in [0.2, 0.25) is 0 Å². The number of hydrogen-bond acceptors (Lipinski definition) is 7. The smallest absolute Gasteiger partial charge is 0.340 e. The number of aryl methyl sites for hydroxylation is 2. The van der Waals surface area contributed by atoms with Crippen molar-refractivity contribution in [2.45, 2.75) is 45.9 Å². The molecule has 0 unspecified atom stereocenters. The molecule has 0 aliphatic rings. The fraction of sp³-hybridized carbons (Fsp3) is 0.500. The summed E-state index contributed by atoms with van der Waals surface area (Å²) in [6, 6.07) is 0. The van der Waals surface area contributed by atoms with Crippen LogP contribution in [0.25, 0.3) is 5.52 Å². The number of rotatable bonds is 6. The van der Waals surface area contributed by atoms with Gasteiger partial charge in [-0.3, -0.25) is 14.0 Å². The van der Waals surface area contributed by atoms with Gasteiger partial charge >= 0.3 is 11.9 Å². The zero-order valence-corrected chi connectivity index (χ0v) is 15.7. The number of nitrogens with one attached hydrogen (secondary N) is 1. The van der Waals surface area contributed by atoms with Crippen LogP contribution in [-0.4, -0.2) is 45.0 Å². The first-order valence-corrected chi connectivity index (χ1v) is 8.86. The van der Waals surface area contributed by atoms with Crippen LogP contribution in [-0.2, 0) is 14.3 Å². The number of carbonyl (C=O) groups excluding carboxylic acids is 2. The van der Waals surface area contributed by atoms with Crippen molar-refractivity contribution in [3.8, 4) is 0 Å². The molecule has 1 N–H and O–H groups in total. The lowest BCUT2D eigenvalue weighted by molar-refractivity contribution is -0.144. The number of carbonyl (C=O) groups is 2. The van der Waals surface area contributed by atoms with Crippen molar-refractivity contribution in [3.63, 3.8) is 0 Å². The number of hydrogen-bond donors (Lipinski definition) is 1. The van der Waals surface area contributed by atoms with E-state index in [0.717, 1.165) is 11.8 Å². The maximum absolute atomic E-state index is 12.2. The molecular formula is C16H21N3O5S. The molecule has 0 saturated heterocycles. The molecule has 2 aromatic heterocycles. The molecule has 0 aromatic carbocycles. The van der Waals surface area contributed by atoms with Gasteiger partial charge in [-0.05, 0) is 40.2 Å². The lowest BCUT2D eigenvalue weighted by atomic mass is 10.1. The second-order valence-corrected chi connectivity index (χ2v) is 6.59. The molecule has 136 valence electrons. The molecule has 0 aliphatic heterocycles. The first kappa shape index (κ1) is 19.0. The third kappa shape index (κ3) is 3.87. The summed E-state index contributed by atoms with van der Waals surface area (Å²) in [4.78, 5) is 36.2. The van der Waals surface area contributed by atoms with Crippen LogP contribution >= 0.6 is 11.8 Å². The van der Waals surface area contributed by atoms with Gasteiger partial charge < -0.3 is 9.47 Å². The van der Waals surface area contributed by atoms with Gasteiger partial charge in [-0.2, -0.15) is 0 Å². The number of fused-ring (bicyclic) bond motifs is 1. The Hall–Kier alpha value is -2.29. The highest BCUT2D eigenvalue weighted by molar-refractivity contribution is 7.99. The van der Waals surface area contributed by atoms with Crippen LogP contribution in [0.4, 0.5) is 0 Å². The molecular weight excluding hydrogens is 346 g/mol. The third-order valence-electron chi connectivity index (χ3n) is 3.48. The van der Waals surface area contributed by atoms with E-state index in [4.69, 9.17) is 9.47 Å². The first-order valence-electron chi connectivity index (χ1n) is 7.87. The normalized spacial score (nSPS) is 11.1. The topological polar surface area (TPSA) is 103 Å². The standard InChI is InChI=1S/C16H21N3O5S/c1-6-23-15(22)12-9(4)13-14(21)17-18-16(19(13)10(12)5)25-7-11(20)24-8(2)3/h8H,6-7H2,1-5H3,(H,17,21). The van der Waals surface area contributed by atoms with Gasteiger partial charge in [0.1, 0.15) is 5.52 Å². The Morgan fingerprint density at radius 2 is 2.00 bits per heavy atom. The average Bonchev–Trinajstić information content (AvgIpc) is 2.79. The molecule has 2 rings (SSSR count). The predicted octanol–water partition coefficient (Wildman–Crippen LogP) is 1.86. The van der Waals surface area contributed by atoms with Gasteiger partial charge in [-0.25, -0.2) is 9.89 Å². The van der Waals surface area contributed by atoms with E-state index < -0.39 is 11.5 Å². The SMILES string of the molecule is CCOC(=O)c1c(C)c2c(=O)[nH]nc(SCC(=O)OC(C)C)n2c1C. The Labute approximate surface area is 148 Å². The summed E-state index contributed by atoms with van der Waals surface area (Å²) in [6.07, 6.45) is -0.206. The van der Waals surface area contributed by atoms with Crippen molar-refractivity contribution in [2.24, 2.45) is 0 Å². The van der Waals surface area contributed by atoms with Crippen molar-refractivity contribution in [2.75, 3.05) is 12.4 Å². The largest absolute Gasteiger partial charge is 0.462 e.